The maximum Gasteiger partial charge on any atom is 0.124 e. The van der Waals surface area contributed by atoms with Crippen molar-refractivity contribution in [1.29, 1.82) is 0 Å². The SMILES string of the molecule is CC[C@H](N)c1ccccc1OCC1CC1. The maximum atomic E-state index is 6.04. The Morgan fingerprint density at radius 3 is 2.80 bits per heavy atom. The van der Waals surface area contributed by atoms with Crippen LogP contribution >= 0.6 is 0 Å². The van der Waals surface area contributed by atoms with Gasteiger partial charge in [0.05, 0.1) is 6.61 Å². The van der Waals surface area contributed by atoms with Crippen LogP contribution < -0.4 is 10.5 Å². The molecule has 1 aliphatic carbocycles. The molecule has 0 heterocycles. The van der Waals surface area contributed by atoms with E-state index >= 15 is 0 Å². The van der Waals surface area contributed by atoms with Crippen LogP contribution in [0, 0.1) is 5.92 Å². The average Bonchev–Trinajstić information content (AvgIpc) is 3.09. The quantitative estimate of drug-likeness (QED) is 0.802. The summed E-state index contributed by atoms with van der Waals surface area (Å²) in [6, 6.07) is 8.22. The van der Waals surface area contributed by atoms with Crippen molar-refractivity contribution in [3.63, 3.8) is 0 Å². The second kappa shape index (κ2) is 4.67. The predicted molar refractivity (Wildman–Crippen MR) is 61.9 cm³/mol. The van der Waals surface area contributed by atoms with Gasteiger partial charge in [-0.2, -0.15) is 0 Å². The smallest absolute Gasteiger partial charge is 0.124 e. The second-order valence-corrected chi connectivity index (χ2v) is 4.31. The van der Waals surface area contributed by atoms with E-state index in [1.54, 1.807) is 0 Å². The number of benzene rings is 1. The van der Waals surface area contributed by atoms with Crippen LogP contribution in [-0.4, -0.2) is 6.61 Å². The van der Waals surface area contributed by atoms with E-state index in [9.17, 15) is 0 Å². The molecule has 0 spiro atoms. The summed E-state index contributed by atoms with van der Waals surface area (Å²) in [5, 5.41) is 0. The lowest BCUT2D eigenvalue weighted by atomic mass is 10.0. The van der Waals surface area contributed by atoms with E-state index in [1.807, 2.05) is 18.2 Å². The van der Waals surface area contributed by atoms with Crippen molar-refractivity contribution in [1.82, 2.24) is 0 Å². The number of rotatable bonds is 5. The maximum absolute atomic E-state index is 6.04. The Bertz CT molecular complexity index is 320. The Hall–Kier alpha value is -1.02. The number of para-hydroxylation sites is 1. The molecule has 0 amide bonds. The summed E-state index contributed by atoms with van der Waals surface area (Å²) in [4.78, 5) is 0. The van der Waals surface area contributed by atoms with E-state index in [2.05, 4.69) is 13.0 Å². The first-order chi connectivity index (χ1) is 7.31. The van der Waals surface area contributed by atoms with Crippen LogP contribution in [0.5, 0.6) is 5.75 Å². The van der Waals surface area contributed by atoms with Gasteiger partial charge in [-0.25, -0.2) is 0 Å². The highest BCUT2D eigenvalue weighted by molar-refractivity contribution is 5.35. The monoisotopic (exact) mass is 205 g/mol. The van der Waals surface area contributed by atoms with E-state index in [-0.39, 0.29) is 6.04 Å². The fourth-order valence-corrected chi connectivity index (χ4v) is 1.63. The molecule has 0 unspecified atom stereocenters. The summed E-state index contributed by atoms with van der Waals surface area (Å²) in [6.07, 6.45) is 3.59. The molecule has 15 heavy (non-hydrogen) atoms. The Labute approximate surface area is 91.4 Å². The first kappa shape index (κ1) is 10.5. The van der Waals surface area contributed by atoms with Crippen molar-refractivity contribution in [3.8, 4) is 5.75 Å². The topological polar surface area (TPSA) is 35.2 Å². The molecule has 1 aliphatic rings. The lowest BCUT2D eigenvalue weighted by Crippen LogP contribution is -2.11. The molecule has 1 aromatic carbocycles. The summed E-state index contributed by atoms with van der Waals surface area (Å²) >= 11 is 0. The van der Waals surface area contributed by atoms with Crippen LogP contribution in [0.25, 0.3) is 0 Å². The van der Waals surface area contributed by atoms with Crippen molar-refractivity contribution in [2.75, 3.05) is 6.61 Å². The van der Waals surface area contributed by atoms with Gasteiger partial charge in [-0.1, -0.05) is 25.1 Å². The third kappa shape index (κ3) is 2.72. The Balaban J connectivity index is 2.05. The molecule has 0 radical (unpaired) electrons. The second-order valence-electron chi connectivity index (χ2n) is 4.31. The van der Waals surface area contributed by atoms with Crippen molar-refractivity contribution < 1.29 is 4.74 Å². The number of hydrogen-bond donors (Lipinski definition) is 1. The molecule has 82 valence electrons. The van der Waals surface area contributed by atoms with Gasteiger partial charge in [-0.05, 0) is 31.2 Å². The minimum absolute atomic E-state index is 0.0976. The molecule has 2 heteroatoms. The third-order valence-corrected chi connectivity index (χ3v) is 2.93. The van der Waals surface area contributed by atoms with Crippen LogP contribution in [0.15, 0.2) is 24.3 Å². The fraction of sp³-hybridized carbons (Fsp3) is 0.538. The highest BCUT2D eigenvalue weighted by atomic mass is 16.5. The van der Waals surface area contributed by atoms with Crippen molar-refractivity contribution >= 4 is 0 Å². The van der Waals surface area contributed by atoms with Gasteiger partial charge in [0.1, 0.15) is 5.75 Å². The lowest BCUT2D eigenvalue weighted by Gasteiger charge is -2.15. The van der Waals surface area contributed by atoms with Gasteiger partial charge >= 0.3 is 0 Å². The molecule has 2 nitrogen and oxygen atoms in total. The fourth-order valence-electron chi connectivity index (χ4n) is 1.63. The lowest BCUT2D eigenvalue weighted by molar-refractivity contribution is 0.295. The van der Waals surface area contributed by atoms with Crippen LogP contribution in [0.4, 0.5) is 0 Å². The molecule has 1 aromatic rings. The number of hydrogen-bond acceptors (Lipinski definition) is 2. The molecular formula is C13H19NO. The van der Waals surface area contributed by atoms with E-state index in [4.69, 9.17) is 10.5 Å². The minimum Gasteiger partial charge on any atom is -0.493 e. The summed E-state index contributed by atoms with van der Waals surface area (Å²) in [6.45, 7) is 2.95. The predicted octanol–water partition coefficient (Wildman–Crippen LogP) is 2.89. The van der Waals surface area contributed by atoms with Gasteiger partial charge in [-0.3, -0.25) is 0 Å². The standard InChI is InChI=1S/C13H19NO/c1-2-12(14)11-5-3-4-6-13(11)15-9-10-7-8-10/h3-6,10,12H,2,7-9,14H2,1H3/t12-/m0/s1. The van der Waals surface area contributed by atoms with Crippen LogP contribution in [-0.2, 0) is 0 Å². The average molecular weight is 205 g/mol. The molecule has 2 rings (SSSR count). The summed E-state index contributed by atoms with van der Waals surface area (Å²) in [5.41, 5.74) is 7.18. The molecule has 0 aliphatic heterocycles. The molecule has 1 fully saturated rings. The Morgan fingerprint density at radius 1 is 1.40 bits per heavy atom. The molecule has 2 N–H and O–H groups in total. The highest BCUT2D eigenvalue weighted by Crippen LogP contribution is 2.31. The van der Waals surface area contributed by atoms with E-state index in [1.165, 1.54) is 12.8 Å². The summed E-state index contributed by atoms with van der Waals surface area (Å²) in [7, 11) is 0. The van der Waals surface area contributed by atoms with E-state index in [0.717, 1.165) is 30.3 Å². The van der Waals surface area contributed by atoms with Gasteiger partial charge in [0, 0.05) is 11.6 Å². The van der Waals surface area contributed by atoms with Crippen LogP contribution in [0.3, 0.4) is 0 Å². The third-order valence-electron chi connectivity index (χ3n) is 2.93. The van der Waals surface area contributed by atoms with Crippen molar-refractivity contribution in [3.05, 3.63) is 29.8 Å². The number of nitrogens with two attached hydrogens (primary N) is 1. The normalized spacial score (nSPS) is 17.5. The van der Waals surface area contributed by atoms with E-state index < -0.39 is 0 Å². The molecule has 0 aromatic heterocycles. The molecule has 0 saturated heterocycles. The zero-order chi connectivity index (χ0) is 10.7. The Morgan fingerprint density at radius 2 is 2.13 bits per heavy atom. The van der Waals surface area contributed by atoms with Crippen LogP contribution in [0.1, 0.15) is 37.8 Å². The highest BCUT2D eigenvalue weighted by Gasteiger charge is 2.22. The van der Waals surface area contributed by atoms with Gasteiger partial charge in [0.15, 0.2) is 0 Å². The first-order valence-electron chi connectivity index (χ1n) is 5.78. The van der Waals surface area contributed by atoms with Gasteiger partial charge < -0.3 is 10.5 Å². The first-order valence-corrected chi connectivity index (χ1v) is 5.78. The summed E-state index contributed by atoms with van der Waals surface area (Å²) < 4.78 is 5.80. The van der Waals surface area contributed by atoms with Crippen molar-refractivity contribution in [2.45, 2.75) is 32.2 Å². The minimum atomic E-state index is 0.0976. The number of ether oxygens (including phenoxy) is 1. The van der Waals surface area contributed by atoms with Gasteiger partial charge in [-0.15, -0.1) is 0 Å². The zero-order valence-electron chi connectivity index (χ0n) is 9.28. The summed E-state index contributed by atoms with van der Waals surface area (Å²) in [5.74, 6) is 1.76. The molecule has 1 saturated carbocycles. The largest absolute Gasteiger partial charge is 0.493 e. The zero-order valence-corrected chi connectivity index (χ0v) is 9.28. The van der Waals surface area contributed by atoms with E-state index in [0.29, 0.717) is 0 Å². The van der Waals surface area contributed by atoms with Crippen molar-refractivity contribution in [2.24, 2.45) is 11.7 Å². The van der Waals surface area contributed by atoms with Gasteiger partial charge in [0.25, 0.3) is 0 Å². The molecular weight excluding hydrogens is 186 g/mol. The van der Waals surface area contributed by atoms with Gasteiger partial charge in [0.2, 0.25) is 0 Å². The molecule has 0 bridgehead atoms. The molecule has 1 atom stereocenters. The van der Waals surface area contributed by atoms with Crippen LogP contribution in [0.2, 0.25) is 0 Å². The Kier molecular flexibility index (Phi) is 3.27.